The van der Waals surface area contributed by atoms with Gasteiger partial charge >= 0.3 is 0 Å². The minimum Gasteiger partial charge on any atom is -0.323 e. The van der Waals surface area contributed by atoms with E-state index in [-0.39, 0.29) is 11.9 Å². The Kier molecular flexibility index (Phi) is 4.36. The molecule has 1 aromatic carbocycles. The van der Waals surface area contributed by atoms with Gasteiger partial charge < -0.3 is 5.73 Å². The van der Waals surface area contributed by atoms with Gasteiger partial charge in [0, 0.05) is 30.2 Å². The molecule has 1 fully saturated rings. The second-order valence-electron chi connectivity index (χ2n) is 5.31. The summed E-state index contributed by atoms with van der Waals surface area (Å²) in [5, 5.41) is 0. The average Bonchev–Trinajstić information content (AvgIpc) is 2.71. The molecule has 0 bridgehead atoms. The van der Waals surface area contributed by atoms with Gasteiger partial charge in [-0.3, -0.25) is 4.90 Å². The summed E-state index contributed by atoms with van der Waals surface area (Å²) in [5.41, 5.74) is 6.80. The van der Waals surface area contributed by atoms with Crippen LogP contribution in [-0.2, 0) is 0 Å². The van der Waals surface area contributed by atoms with Crippen molar-refractivity contribution in [1.29, 1.82) is 0 Å². The summed E-state index contributed by atoms with van der Waals surface area (Å²) in [6, 6.07) is 7.77. The Morgan fingerprint density at radius 3 is 2.78 bits per heavy atom. The lowest BCUT2D eigenvalue weighted by molar-refractivity contribution is 0.186. The van der Waals surface area contributed by atoms with Crippen LogP contribution in [0.25, 0.3) is 0 Å². The zero-order valence-electron chi connectivity index (χ0n) is 11.3. The van der Waals surface area contributed by atoms with Gasteiger partial charge in [-0.1, -0.05) is 25.1 Å². The van der Waals surface area contributed by atoms with E-state index in [0.717, 1.165) is 13.0 Å². The molecular weight excluding hydrogens is 227 g/mol. The molecule has 1 saturated heterocycles. The van der Waals surface area contributed by atoms with E-state index in [9.17, 15) is 4.39 Å². The van der Waals surface area contributed by atoms with Crippen LogP contribution in [-0.4, -0.2) is 23.5 Å². The molecule has 3 atom stereocenters. The van der Waals surface area contributed by atoms with E-state index >= 15 is 0 Å². The van der Waals surface area contributed by atoms with Crippen molar-refractivity contribution in [1.82, 2.24) is 4.90 Å². The molecule has 2 N–H and O–H groups in total. The number of likely N-dealkylation sites (tertiary alicyclic amines) is 1. The fraction of sp³-hybridized carbons (Fsp3) is 0.600. The van der Waals surface area contributed by atoms with E-state index < -0.39 is 0 Å². The maximum atomic E-state index is 13.7. The van der Waals surface area contributed by atoms with Crippen LogP contribution in [0, 0.1) is 5.82 Å². The minimum absolute atomic E-state index is 0.190. The molecule has 100 valence electrons. The molecule has 0 aliphatic carbocycles. The van der Waals surface area contributed by atoms with E-state index in [2.05, 4.69) is 18.7 Å². The Bertz CT molecular complexity index is 394. The highest BCUT2D eigenvalue weighted by molar-refractivity contribution is 5.21. The topological polar surface area (TPSA) is 29.3 Å². The number of rotatable bonds is 4. The van der Waals surface area contributed by atoms with E-state index in [1.807, 2.05) is 6.07 Å². The van der Waals surface area contributed by atoms with Crippen molar-refractivity contribution in [2.45, 2.75) is 51.2 Å². The summed E-state index contributed by atoms with van der Waals surface area (Å²) in [4.78, 5) is 2.44. The molecule has 0 spiro atoms. The Hall–Kier alpha value is -0.930. The molecule has 1 aliphatic rings. The molecule has 3 unspecified atom stereocenters. The quantitative estimate of drug-likeness (QED) is 0.889. The molecule has 3 heteroatoms. The third-order valence-electron chi connectivity index (χ3n) is 4.14. The van der Waals surface area contributed by atoms with Crippen LogP contribution >= 0.6 is 0 Å². The van der Waals surface area contributed by atoms with Gasteiger partial charge in [-0.2, -0.15) is 0 Å². The lowest BCUT2D eigenvalue weighted by Gasteiger charge is -2.30. The number of nitrogens with zero attached hydrogens (tertiary/aromatic N) is 1. The Balaban J connectivity index is 2.07. The van der Waals surface area contributed by atoms with E-state index in [1.54, 1.807) is 12.1 Å². The molecule has 1 heterocycles. The number of halogens is 1. The maximum Gasteiger partial charge on any atom is 0.128 e. The van der Waals surface area contributed by atoms with Gasteiger partial charge in [0.15, 0.2) is 0 Å². The Morgan fingerprint density at radius 1 is 1.39 bits per heavy atom. The third kappa shape index (κ3) is 2.73. The summed E-state index contributed by atoms with van der Waals surface area (Å²) in [5.74, 6) is -0.190. The molecule has 1 aliphatic heterocycles. The average molecular weight is 250 g/mol. The van der Waals surface area contributed by atoms with Gasteiger partial charge in [-0.25, -0.2) is 4.39 Å². The van der Waals surface area contributed by atoms with Crippen molar-refractivity contribution < 1.29 is 4.39 Å². The first-order valence-electron chi connectivity index (χ1n) is 6.89. The highest BCUT2D eigenvalue weighted by Crippen LogP contribution is 2.28. The smallest absolute Gasteiger partial charge is 0.128 e. The van der Waals surface area contributed by atoms with Crippen molar-refractivity contribution in [3.63, 3.8) is 0 Å². The predicted molar refractivity (Wildman–Crippen MR) is 72.8 cm³/mol. The highest BCUT2D eigenvalue weighted by Gasteiger charge is 2.30. The van der Waals surface area contributed by atoms with Crippen LogP contribution in [0.4, 0.5) is 4.39 Å². The van der Waals surface area contributed by atoms with Crippen molar-refractivity contribution in [2.24, 2.45) is 5.73 Å². The molecule has 0 aromatic heterocycles. The molecule has 0 amide bonds. The largest absolute Gasteiger partial charge is 0.323 e. The summed E-state index contributed by atoms with van der Waals surface area (Å²) < 4.78 is 13.7. The molecular formula is C15H23FN2. The van der Waals surface area contributed by atoms with E-state index in [4.69, 9.17) is 5.73 Å². The molecule has 0 saturated carbocycles. The molecule has 2 rings (SSSR count). The van der Waals surface area contributed by atoms with Crippen molar-refractivity contribution in [3.05, 3.63) is 35.6 Å². The highest BCUT2D eigenvalue weighted by atomic mass is 19.1. The minimum atomic E-state index is -0.235. The van der Waals surface area contributed by atoms with E-state index in [0.29, 0.717) is 17.6 Å². The van der Waals surface area contributed by atoms with Crippen LogP contribution in [0.5, 0.6) is 0 Å². The van der Waals surface area contributed by atoms with Gasteiger partial charge in [0.2, 0.25) is 0 Å². The van der Waals surface area contributed by atoms with Crippen LogP contribution < -0.4 is 5.73 Å². The summed E-state index contributed by atoms with van der Waals surface area (Å²) in [6.07, 6.45) is 3.61. The molecule has 1 aromatic rings. The Labute approximate surface area is 109 Å². The summed E-state index contributed by atoms with van der Waals surface area (Å²) in [6.45, 7) is 5.20. The van der Waals surface area contributed by atoms with Crippen LogP contribution in [0.3, 0.4) is 0 Å². The zero-order valence-corrected chi connectivity index (χ0v) is 11.3. The molecule has 18 heavy (non-hydrogen) atoms. The first-order valence-corrected chi connectivity index (χ1v) is 6.89. The lowest BCUT2D eigenvalue weighted by atomic mass is 10.1. The zero-order chi connectivity index (χ0) is 13.1. The van der Waals surface area contributed by atoms with Gasteiger partial charge in [0.1, 0.15) is 5.82 Å². The standard InChI is InChI=1S/C15H23FN2/c1-3-12-9-8-11(2)18(12)10-15(17)13-6-4-5-7-14(13)16/h4-7,11-12,15H,3,8-10,17H2,1-2H3. The van der Waals surface area contributed by atoms with Gasteiger partial charge in [-0.15, -0.1) is 0 Å². The van der Waals surface area contributed by atoms with Crippen molar-refractivity contribution >= 4 is 0 Å². The number of benzene rings is 1. The van der Waals surface area contributed by atoms with Crippen LogP contribution in [0.2, 0.25) is 0 Å². The first-order chi connectivity index (χ1) is 8.63. The fourth-order valence-electron chi connectivity index (χ4n) is 2.99. The predicted octanol–water partition coefficient (Wildman–Crippen LogP) is 3.09. The van der Waals surface area contributed by atoms with Crippen molar-refractivity contribution in [3.8, 4) is 0 Å². The second kappa shape index (κ2) is 5.81. The summed E-state index contributed by atoms with van der Waals surface area (Å²) >= 11 is 0. The maximum absolute atomic E-state index is 13.7. The number of nitrogens with two attached hydrogens (primary N) is 1. The Morgan fingerprint density at radius 2 is 2.11 bits per heavy atom. The van der Waals surface area contributed by atoms with E-state index in [1.165, 1.54) is 18.9 Å². The molecule has 2 nitrogen and oxygen atoms in total. The van der Waals surface area contributed by atoms with Crippen molar-refractivity contribution in [2.75, 3.05) is 6.54 Å². The van der Waals surface area contributed by atoms with Gasteiger partial charge in [0.25, 0.3) is 0 Å². The van der Waals surface area contributed by atoms with Crippen LogP contribution in [0.1, 0.15) is 44.7 Å². The second-order valence-corrected chi connectivity index (χ2v) is 5.31. The number of hydrogen-bond acceptors (Lipinski definition) is 2. The van der Waals surface area contributed by atoms with Gasteiger partial charge in [-0.05, 0) is 32.3 Å². The molecule has 0 radical (unpaired) electrons. The lowest BCUT2D eigenvalue weighted by Crippen LogP contribution is -2.39. The SMILES string of the molecule is CCC1CCC(C)N1CC(N)c1ccccc1F. The number of hydrogen-bond donors (Lipinski definition) is 1. The normalized spacial score (nSPS) is 26.4. The summed E-state index contributed by atoms with van der Waals surface area (Å²) in [7, 11) is 0. The monoisotopic (exact) mass is 250 g/mol. The first kappa shape index (κ1) is 13.5. The third-order valence-corrected chi connectivity index (χ3v) is 4.14. The van der Waals surface area contributed by atoms with Crippen LogP contribution in [0.15, 0.2) is 24.3 Å². The van der Waals surface area contributed by atoms with Gasteiger partial charge in [0.05, 0.1) is 0 Å². The fourth-order valence-corrected chi connectivity index (χ4v) is 2.99.